The maximum atomic E-state index is 10.8. The smallest absolute Gasteiger partial charge is 0.269 e. The van der Waals surface area contributed by atoms with Gasteiger partial charge in [0.1, 0.15) is 5.82 Å². The highest BCUT2D eigenvalue weighted by molar-refractivity contribution is 5.35. The molecule has 1 heterocycles. The molecule has 100 valence electrons. The van der Waals surface area contributed by atoms with Crippen molar-refractivity contribution in [2.75, 3.05) is 0 Å². The van der Waals surface area contributed by atoms with E-state index in [1.54, 1.807) is 24.5 Å². The molecule has 1 aromatic carbocycles. The summed E-state index contributed by atoms with van der Waals surface area (Å²) in [6.45, 7) is 2.65. The first kappa shape index (κ1) is 13.2. The van der Waals surface area contributed by atoms with Crippen LogP contribution < -0.4 is 5.32 Å². The lowest BCUT2D eigenvalue weighted by Crippen LogP contribution is -2.21. The molecule has 0 saturated heterocycles. The van der Waals surface area contributed by atoms with Crippen LogP contribution in [0.5, 0.6) is 0 Å². The van der Waals surface area contributed by atoms with Crippen LogP contribution in [0.25, 0.3) is 0 Å². The summed E-state index contributed by atoms with van der Waals surface area (Å²) in [6, 6.07) is 6.80. The Labute approximate surface area is 111 Å². The third-order valence-corrected chi connectivity index (χ3v) is 2.96. The second-order valence-electron chi connectivity index (χ2n) is 4.23. The Kier molecular flexibility index (Phi) is 4.25. The maximum absolute atomic E-state index is 10.8. The monoisotopic (exact) mass is 260 g/mol. The van der Waals surface area contributed by atoms with Crippen LogP contribution in [0.4, 0.5) is 5.69 Å². The van der Waals surface area contributed by atoms with Crippen LogP contribution in [0.2, 0.25) is 0 Å². The van der Waals surface area contributed by atoms with Gasteiger partial charge in [-0.1, -0.05) is 19.1 Å². The summed E-state index contributed by atoms with van der Waals surface area (Å²) in [4.78, 5) is 17.6. The van der Waals surface area contributed by atoms with Crippen molar-refractivity contribution < 1.29 is 4.92 Å². The lowest BCUT2D eigenvalue weighted by Gasteiger charge is -2.16. The zero-order valence-electron chi connectivity index (χ0n) is 10.7. The van der Waals surface area contributed by atoms with E-state index in [-0.39, 0.29) is 16.7 Å². The van der Waals surface area contributed by atoms with Crippen molar-refractivity contribution in [3.05, 3.63) is 58.2 Å². The van der Waals surface area contributed by atoms with Gasteiger partial charge >= 0.3 is 0 Å². The molecule has 1 unspecified atom stereocenters. The molecule has 0 saturated carbocycles. The van der Waals surface area contributed by atoms with E-state index in [2.05, 4.69) is 15.3 Å². The Morgan fingerprint density at radius 1 is 1.53 bits per heavy atom. The zero-order chi connectivity index (χ0) is 13.7. The van der Waals surface area contributed by atoms with Gasteiger partial charge in [-0.25, -0.2) is 4.98 Å². The molecule has 6 nitrogen and oxygen atoms in total. The van der Waals surface area contributed by atoms with Gasteiger partial charge in [0.15, 0.2) is 0 Å². The van der Waals surface area contributed by atoms with Crippen molar-refractivity contribution in [1.82, 2.24) is 15.3 Å². The Morgan fingerprint density at radius 3 is 3.00 bits per heavy atom. The van der Waals surface area contributed by atoms with E-state index in [0.29, 0.717) is 6.54 Å². The Hall–Kier alpha value is -2.21. The van der Waals surface area contributed by atoms with Crippen molar-refractivity contribution in [2.24, 2.45) is 0 Å². The Balaban J connectivity index is 2.08. The SMILES string of the molecule is CCC(NCc1ncc[nH]1)c1cccc([N+](=O)[O-])c1. The fourth-order valence-electron chi connectivity index (χ4n) is 1.97. The molecule has 0 aliphatic rings. The summed E-state index contributed by atoms with van der Waals surface area (Å²) in [5.74, 6) is 0.851. The van der Waals surface area contributed by atoms with E-state index in [0.717, 1.165) is 17.8 Å². The molecule has 6 heteroatoms. The van der Waals surface area contributed by atoms with Gasteiger partial charge in [-0.05, 0) is 12.0 Å². The molecule has 19 heavy (non-hydrogen) atoms. The van der Waals surface area contributed by atoms with Gasteiger partial charge in [-0.3, -0.25) is 10.1 Å². The zero-order valence-corrected chi connectivity index (χ0v) is 10.7. The van der Waals surface area contributed by atoms with Crippen molar-refractivity contribution in [1.29, 1.82) is 0 Å². The number of nitro benzene ring substituents is 1. The van der Waals surface area contributed by atoms with Gasteiger partial charge in [0.05, 0.1) is 11.5 Å². The van der Waals surface area contributed by atoms with E-state index in [1.165, 1.54) is 6.07 Å². The Morgan fingerprint density at radius 2 is 2.37 bits per heavy atom. The van der Waals surface area contributed by atoms with Crippen molar-refractivity contribution >= 4 is 5.69 Å². The highest BCUT2D eigenvalue weighted by Gasteiger charge is 2.13. The van der Waals surface area contributed by atoms with Gasteiger partial charge in [0, 0.05) is 30.6 Å². The van der Waals surface area contributed by atoms with E-state index >= 15 is 0 Å². The third-order valence-electron chi connectivity index (χ3n) is 2.96. The topological polar surface area (TPSA) is 83.8 Å². The van der Waals surface area contributed by atoms with Gasteiger partial charge in [0.25, 0.3) is 5.69 Å². The highest BCUT2D eigenvalue weighted by atomic mass is 16.6. The molecule has 0 spiro atoms. The summed E-state index contributed by atoms with van der Waals surface area (Å²) in [6.07, 6.45) is 4.32. The van der Waals surface area contributed by atoms with Crippen molar-refractivity contribution in [3.8, 4) is 0 Å². The van der Waals surface area contributed by atoms with Crippen LogP contribution in [0.15, 0.2) is 36.7 Å². The minimum atomic E-state index is -0.372. The molecule has 0 bridgehead atoms. The number of aromatic nitrogens is 2. The molecular weight excluding hydrogens is 244 g/mol. The number of nitrogens with zero attached hydrogens (tertiary/aromatic N) is 2. The second kappa shape index (κ2) is 6.10. The highest BCUT2D eigenvalue weighted by Crippen LogP contribution is 2.21. The van der Waals surface area contributed by atoms with Crippen molar-refractivity contribution in [2.45, 2.75) is 25.9 Å². The molecule has 0 amide bonds. The first-order chi connectivity index (χ1) is 9.20. The number of nitrogens with one attached hydrogen (secondary N) is 2. The van der Waals surface area contributed by atoms with Crippen LogP contribution in [-0.4, -0.2) is 14.9 Å². The lowest BCUT2D eigenvalue weighted by molar-refractivity contribution is -0.384. The summed E-state index contributed by atoms with van der Waals surface area (Å²) in [5, 5.41) is 14.1. The number of hydrogen-bond donors (Lipinski definition) is 2. The molecule has 2 rings (SSSR count). The minimum Gasteiger partial charge on any atom is -0.348 e. The average molecular weight is 260 g/mol. The fourth-order valence-corrected chi connectivity index (χ4v) is 1.97. The molecular formula is C13H16N4O2. The van der Waals surface area contributed by atoms with Crippen LogP contribution in [0, 0.1) is 10.1 Å². The fraction of sp³-hybridized carbons (Fsp3) is 0.308. The number of imidazole rings is 1. The Bertz CT molecular complexity index is 539. The van der Waals surface area contributed by atoms with Gasteiger partial charge in [-0.15, -0.1) is 0 Å². The third kappa shape index (κ3) is 3.38. The number of rotatable bonds is 6. The number of H-pyrrole nitrogens is 1. The average Bonchev–Trinajstić information content (AvgIpc) is 2.93. The predicted octanol–water partition coefficient (Wildman–Crippen LogP) is 2.56. The molecule has 0 aliphatic carbocycles. The molecule has 1 atom stereocenters. The van der Waals surface area contributed by atoms with Crippen LogP contribution >= 0.6 is 0 Å². The maximum Gasteiger partial charge on any atom is 0.269 e. The second-order valence-corrected chi connectivity index (χ2v) is 4.23. The summed E-state index contributed by atoms with van der Waals surface area (Å²) in [7, 11) is 0. The van der Waals surface area contributed by atoms with Crippen LogP contribution in [0.1, 0.15) is 30.8 Å². The van der Waals surface area contributed by atoms with Gasteiger partial charge in [0.2, 0.25) is 0 Å². The number of aromatic amines is 1. The summed E-state index contributed by atoms with van der Waals surface area (Å²) >= 11 is 0. The molecule has 0 aliphatic heterocycles. The van der Waals surface area contributed by atoms with E-state index in [1.807, 2.05) is 13.0 Å². The first-order valence-electron chi connectivity index (χ1n) is 6.16. The normalized spacial score (nSPS) is 12.3. The predicted molar refractivity (Wildman–Crippen MR) is 71.6 cm³/mol. The molecule has 0 radical (unpaired) electrons. The van der Waals surface area contributed by atoms with E-state index in [4.69, 9.17) is 0 Å². The van der Waals surface area contributed by atoms with E-state index in [9.17, 15) is 10.1 Å². The standard InChI is InChI=1S/C13H16N4O2/c1-2-12(16-9-13-14-6-7-15-13)10-4-3-5-11(8-10)17(18)19/h3-8,12,16H,2,9H2,1H3,(H,14,15). The lowest BCUT2D eigenvalue weighted by atomic mass is 10.0. The quantitative estimate of drug-likeness (QED) is 0.617. The van der Waals surface area contributed by atoms with Gasteiger partial charge in [-0.2, -0.15) is 0 Å². The molecule has 2 aromatic rings. The van der Waals surface area contributed by atoms with Gasteiger partial charge < -0.3 is 10.3 Å². The minimum absolute atomic E-state index is 0.0741. The summed E-state index contributed by atoms with van der Waals surface area (Å²) in [5.41, 5.74) is 1.04. The van der Waals surface area contributed by atoms with E-state index < -0.39 is 0 Å². The largest absolute Gasteiger partial charge is 0.348 e. The molecule has 0 fully saturated rings. The number of nitro groups is 1. The number of hydrogen-bond acceptors (Lipinski definition) is 4. The number of benzene rings is 1. The van der Waals surface area contributed by atoms with Crippen LogP contribution in [-0.2, 0) is 6.54 Å². The molecule has 2 N–H and O–H groups in total. The summed E-state index contributed by atoms with van der Waals surface area (Å²) < 4.78 is 0. The first-order valence-corrected chi connectivity index (χ1v) is 6.16. The van der Waals surface area contributed by atoms with Crippen LogP contribution in [0.3, 0.4) is 0 Å². The van der Waals surface area contributed by atoms with Crippen molar-refractivity contribution in [3.63, 3.8) is 0 Å². The number of non-ortho nitro benzene ring substituents is 1. The molecule has 1 aromatic heterocycles.